The fraction of sp³-hybridized carbons (Fsp3) is 0.538. The van der Waals surface area contributed by atoms with Crippen LogP contribution in [-0.2, 0) is 0 Å². The van der Waals surface area contributed by atoms with E-state index >= 15 is 0 Å². The molecule has 108 valence electrons. The van der Waals surface area contributed by atoms with Gasteiger partial charge in [0.05, 0.1) is 10.5 Å². The van der Waals surface area contributed by atoms with Crippen molar-refractivity contribution in [3.05, 3.63) is 27.9 Å². The van der Waals surface area contributed by atoms with Gasteiger partial charge in [0.15, 0.2) is 0 Å². The highest BCUT2D eigenvalue weighted by atomic mass is 16.6. The molecule has 0 radical (unpaired) electrons. The van der Waals surface area contributed by atoms with Gasteiger partial charge in [-0.25, -0.2) is 9.78 Å². The predicted molar refractivity (Wildman–Crippen MR) is 73.1 cm³/mol. The lowest BCUT2D eigenvalue weighted by Gasteiger charge is -2.39. The number of piperidine rings is 1. The first-order valence-corrected chi connectivity index (χ1v) is 6.58. The summed E-state index contributed by atoms with van der Waals surface area (Å²) in [5.41, 5.74) is -0.414. The van der Waals surface area contributed by atoms with Crippen LogP contribution in [0.2, 0.25) is 0 Å². The van der Waals surface area contributed by atoms with Crippen LogP contribution in [0.3, 0.4) is 0 Å². The Morgan fingerprint density at radius 3 is 2.55 bits per heavy atom. The van der Waals surface area contributed by atoms with E-state index < -0.39 is 10.9 Å². The number of aromatic nitrogens is 1. The number of nitrogens with zero attached hydrogens (tertiary/aromatic N) is 3. The molecule has 1 aromatic heterocycles. The second-order valence-electron chi connectivity index (χ2n) is 5.17. The molecule has 2 atom stereocenters. The lowest BCUT2D eigenvalue weighted by molar-refractivity contribution is -0.384. The Labute approximate surface area is 116 Å². The van der Waals surface area contributed by atoms with Crippen LogP contribution in [0.4, 0.5) is 11.5 Å². The molecule has 1 saturated heterocycles. The highest BCUT2D eigenvalue weighted by Gasteiger charge is 2.32. The Morgan fingerprint density at radius 1 is 1.45 bits per heavy atom. The van der Waals surface area contributed by atoms with Crippen LogP contribution in [0.1, 0.15) is 43.5 Å². The van der Waals surface area contributed by atoms with Gasteiger partial charge in [0.1, 0.15) is 0 Å². The highest BCUT2D eigenvalue weighted by molar-refractivity contribution is 5.88. The quantitative estimate of drug-likeness (QED) is 0.674. The highest BCUT2D eigenvalue weighted by Crippen LogP contribution is 2.34. The Bertz CT molecular complexity index is 536. The Hall–Kier alpha value is -2.18. The first-order valence-electron chi connectivity index (χ1n) is 6.58. The molecule has 1 aliphatic heterocycles. The molecule has 1 N–H and O–H groups in total. The summed E-state index contributed by atoms with van der Waals surface area (Å²) in [4.78, 5) is 27.5. The zero-order valence-corrected chi connectivity index (χ0v) is 11.4. The summed E-state index contributed by atoms with van der Waals surface area (Å²) in [7, 11) is 0. The van der Waals surface area contributed by atoms with Gasteiger partial charge in [-0.1, -0.05) is 0 Å². The van der Waals surface area contributed by atoms with Crippen molar-refractivity contribution in [2.24, 2.45) is 0 Å². The van der Waals surface area contributed by atoms with Crippen LogP contribution >= 0.6 is 0 Å². The molecule has 0 bridgehead atoms. The van der Waals surface area contributed by atoms with Crippen molar-refractivity contribution in [3.8, 4) is 0 Å². The lowest BCUT2D eigenvalue weighted by atomic mass is 9.97. The number of rotatable bonds is 3. The van der Waals surface area contributed by atoms with Crippen molar-refractivity contribution in [2.75, 3.05) is 4.90 Å². The second-order valence-corrected chi connectivity index (χ2v) is 5.17. The van der Waals surface area contributed by atoms with E-state index in [-0.39, 0.29) is 29.2 Å². The number of aromatic carboxylic acids is 1. The van der Waals surface area contributed by atoms with Crippen molar-refractivity contribution < 1.29 is 14.8 Å². The Morgan fingerprint density at radius 2 is 2.05 bits per heavy atom. The monoisotopic (exact) mass is 279 g/mol. The fourth-order valence-corrected chi connectivity index (χ4v) is 2.73. The molecular weight excluding hydrogens is 262 g/mol. The van der Waals surface area contributed by atoms with Crippen molar-refractivity contribution in [1.82, 2.24) is 4.98 Å². The molecule has 0 unspecified atom stereocenters. The van der Waals surface area contributed by atoms with Crippen LogP contribution in [-0.4, -0.2) is 33.1 Å². The molecule has 1 aromatic rings. The number of carboxylic acids is 1. The van der Waals surface area contributed by atoms with E-state index in [0.29, 0.717) is 0 Å². The minimum absolute atomic E-state index is 0.153. The summed E-state index contributed by atoms with van der Waals surface area (Å²) in [6.07, 6.45) is 4.16. The maximum absolute atomic E-state index is 11.2. The van der Waals surface area contributed by atoms with Crippen molar-refractivity contribution in [2.45, 2.75) is 45.2 Å². The van der Waals surface area contributed by atoms with Crippen molar-refractivity contribution >= 4 is 17.5 Å². The summed E-state index contributed by atoms with van der Waals surface area (Å²) in [5.74, 6) is -0.952. The van der Waals surface area contributed by atoms with E-state index in [1.807, 2.05) is 18.7 Å². The molecule has 2 heterocycles. The molecule has 0 amide bonds. The molecule has 1 aliphatic rings. The molecule has 0 aliphatic carbocycles. The van der Waals surface area contributed by atoms with Gasteiger partial charge in [0.2, 0.25) is 5.82 Å². The van der Waals surface area contributed by atoms with Gasteiger partial charge in [-0.15, -0.1) is 0 Å². The molecule has 1 fully saturated rings. The molecule has 0 spiro atoms. The first-order chi connectivity index (χ1) is 9.41. The van der Waals surface area contributed by atoms with Crippen LogP contribution in [0.5, 0.6) is 0 Å². The van der Waals surface area contributed by atoms with Crippen LogP contribution in [0.25, 0.3) is 0 Å². The van der Waals surface area contributed by atoms with E-state index in [1.54, 1.807) is 0 Å². The molecule has 0 saturated carbocycles. The summed E-state index contributed by atoms with van der Waals surface area (Å²) in [5, 5.41) is 20.1. The first kappa shape index (κ1) is 14.2. The third-order valence-corrected chi connectivity index (χ3v) is 3.73. The van der Waals surface area contributed by atoms with Gasteiger partial charge in [0, 0.05) is 24.3 Å². The number of pyridine rings is 1. The second kappa shape index (κ2) is 5.44. The fourth-order valence-electron chi connectivity index (χ4n) is 2.73. The minimum Gasteiger partial charge on any atom is -0.478 e. The van der Waals surface area contributed by atoms with Gasteiger partial charge in [-0.3, -0.25) is 10.1 Å². The number of hydrogen-bond acceptors (Lipinski definition) is 5. The number of nitro groups is 1. The normalized spacial score (nSPS) is 22.6. The van der Waals surface area contributed by atoms with Crippen LogP contribution in [0.15, 0.2) is 12.3 Å². The van der Waals surface area contributed by atoms with E-state index in [9.17, 15) is 14.9 Å². The molecular formula is C13H17N3O4. The van der Waals surface area contributed by atoms with E-state index in [2.05, 4.69) is 4.98 Å². The zero-order chi connectivity index (χ0) is 14.9. The largest absolute Gasteiger partial charge is 0.478 e. The summed E-state index contributed by atoms with van der Waals surface area (Å²) in [6, 6.07) is 1.39. The average Bonchev–Trinajstić information content (AvgIpc) is 2.38. The molecule has 20 heavy (non-hydrogen) atoms. The third-order valence-electron chi connectivity index (χ3n) is 3.73. The van der Waals surface area contributed by atoms with Gasteiger partial charge >= 0.3 is 11.7 Å². The van der Waals surface area contributed by atoms with Gasteiger partial charge in [-0.05, 0) is 33.1 Å². The predicted octanol–water partition coefficient (Wildman–Crippen LogP) is 2.46. The third kappa shape index (κ3) is 2.56. The van der Waals surface area contributed by atoms with E-state index in [4.69, 9.17) is 5.11 Å². The van der Waals surface area contributed by atoms with Gasteiger partial charge in [0.25, 0.3) is 0 Å². The molecule has 7 nitrogen and oxygen atoms in total. The number of hydrogen-bond donors (Lipinski definition) is 1. The molecule has 7 heteroatoms. The van der Waals surface area contributed by atoms with E-state index in [1.165, 1.54) is 6.20 Å². The lowest BCUT2D eigenvalue weighted by Crippen LogP contribution is -2.44. The SMILES string of the molecule is C[C@@H]1CCC[C@H](C)N1c1ncc(C(=O)O)cc1[N+](=O)[O-]. The Balaban J connectivity index is 2.49. The smallest absolute Gasteiger partial charge is 0.337 e. The van der Waals surface area contributed by atoms with Gasteiger partial charge < -0.3 is 10.0 Å². The average molecular weight is 279 g/mol. The number of carbonyl (C=O) groups is 1. The zero-order valence-electron chi connectivity index (χ0n) is 11.4. The summed E-state index contributed by atoms with van der Waals surface area (Å²) < 4.78 is 0. The minimum atomic E-state index is -1.22. The molecule has 2 rings (SSSR count). The van der Waals surface area contributed by atoms with Crippen molar-refractivity contribution in [3.63, 3.8) is 0 Å². The maximum Gasteiger partial charge on any atom is 0.337 e. The van der Waals surface area contributed by atoms with Crippen molar-refractivity contribution in [1.29, 1.82) is 0 Å². The van der Waals surface area contributed by atoms with E-state index in [0.717, 1.165) is 25.3 Å². The summed E-state index contributed by atoms with van der Waals surface area (Å²) in [6.45, 7) is 4.01. The topological polar surface area (TPSA) is 96.6 Å². The summed E-state index contributed by atoms with van der Waals surface area (Å²) >= 11 is 0. The Kier molecular flexibility index (Phi) is 3.87. The number of anilines is 1. The maximum atomic E-state index is 11.2. The van der Waals surface area contributed by atoms with Gasteiger partial charge in [-0.2, -0.15) is 0 Å². The van der Waals surface area contributed by atoms with Crippen LogP contribution < -0.4 is 4.90 Å². The van der Waals surface area contributed by atoms with Crippen LogP contribution in [0, 0.1) is 10.1 Å². The standard InChI is InChI=1S/C13H17N3O4/c1-8-4-3-5-9(2)15(8)12-11(16(19)20)6-10(7-14-12)13(17)18/h6-9H,3-5H2,1-2H3,(H,17,18)/t8-,9+. The molecule has 0 aromatic carbocycles. The number of carboxylic acid groups (broad SMARTS) is 1.